The molecule has 4 rings (SSSR count). The van der Waals surface area contributed by atoms with E-state index in [1.807, 2.05) is 0 Å². The molecule has 6 N–H and O–H groups in total. The van der Waals surface area contributed by atoms with Gasteiger partial charge < -0.3 is 10.2 Å². The van der Waals surface area contributed by atoms with Gasteiger partial charge in [-0.25, -0.2) is 4.79 Å². The van der Waals surface area contributed by atoms with Crippen LogP contribution in [-0.2, 0) is 19.7 Å². The average molecular weight is 658 g/mol. The predicted octanol–water partition coefficient (Wildman–Crippen LogP) is 0.570. The van der Waals surface area contributed by atoms with Crippen molar-refractivity contribution >= 4 is 61.9 Å². The number of non-ortho nitro benzene ring substituents is 1. The van der Waals surface area contributed by atoms with Crippen molar-refractivity contribution in [3.05, 3.63) is 113 Å². The molecule has 1 aliphatic carbocycles. The summed E-state index contributed by atoms with van der Waals surface area (Å²) in [6.45, 7) is 0. The molecular formula is C25H16ClN7O11S. The number of aromatic hydroxyl groups is 1. The third-order valence-corrected chi connectivity index (χ3v) is 6.82. The molecule has 0 aliphatic heterocycles. The Hall–Kier alpha value is -6.05. The Bertz CT molecular complexity index is 2200. The van der Waals surface area contributed by atoms with Gasteiger partial charge in [0.1, 0.15) is 16.6 Å². The minimum Gasteiger partial charge on any atom is -0.504 e. The molecule has 1 aliphatic rings. The van der Waals surface area contributed by atoms with Crippen molar-refractivity contribution in [3.63, 3.8) is 0 Å². The lowest BCUT2D eigenvalue weighted by atomic mass is 10.0. The first kappa shape index (κ1) is 31.9. The fraction of sp³-hybridized carbons (Fsp3) is 0. The lowest BCUT2D eigenvalue weighted by Crippen LogP contribution is -2.49. The number of carbonyl (C=O) groups is 2. The lowest BCUT2D eigenvalue weighted by Gasteiger charge is -2.12. The van der Waals surface area contributed by atoms with Crippen LogP contribution in [0.25, 0.3) is 0 Å². The largest absolute Gasteiger partial charge is 0.504 e. The number of hydrogen-bond donors (Lipinski definition) is 6. The lowest BCUT2D eigenvalue weighted by molar-refractivity contribution is -0.384. The van der Waals surface area contributed by atoms with E-state index in [9.17, 15) is 52.5 Å². The fourth-order valence-electron chi connectivity index (χ4n) is 3.48. The zero-order valence-corrected chi connectivity index (χ0v) is 23.5. The number of rotatable bonds is 9. The SMILES string of the molecule is O=C(O)C1=C/C(=N/N=c2\cc(NNc3cc(S(=O)(=O)O)cc(Cl)c3O)c(=O)/c(=N\Nc3ccc([N+](=O)[O-])cc3)c2=O)C=CC1=O. The maximum atomic E-state index is 13.2. The van der Waals surface area contributed by atoms with E-state index in [2.05, 4.69) is 31.6 Å². The van der Waals surface area contributed by atoms with Gasteiger partial charge in [0, 0.05) is 12.1 Å². The number of carboxylic acids is 1. The summed E-state index contributed by atoms with van der Waals surface area (Å²) in [6.07, 6.45) is 2.94. The van der Waals surface area contributed by atoms with E-state index in [1.54, 1.807) is 0 Å². The van der Waals surface area contributed by atoms with Crippen molar-refractivity contribution in [2.45, 2.75) is 4.90 Å². The van der Waals surface area contributed by atoms with Crippen LogP contribution < -0.4 is 37.8 Å². The number of nitro benzene ring substituents is 1. The van der Waals surface area contributed by atoms with Crippen molar-refractivity contribution in [2.24, 2.45) is 15.3 Å². The van der Waals surface area contributed by atoms with Crippen molar-refractivity contribution in [2.75, 3.05) is 16.3 Å². The minimum absolute atomic E-state index is 0.138. The van der Waals surface area contributed by atoms with E-state index in [-0.39, 0.29) is 17.1 Å². The van der Waals surface area contributed by atoms with Gasteiger partial charge in [-0.3, -0.25) is 45.3 Å². The third kappa shape index (κ3) is 7.30. The van der Waals surface area contributed by atoms with E-state index in [4.69, 9.17) is 11.6 Å². The maximum Gasteiger partial charge on any atom is 0.339 e. The highest BCUT2D eigenvalue weighted by Gasteiger charge is 2.19. The van der Waals surface area contributed by atoms with E-state index >= 15 is 0 Å². The fourth-order valence-corrected chi connectivity index (χ4v) is 4.30. The maximum absolute atomic E-state index is 13.2. The number of aliphatic carboxylic acids is 1. The molecule has 0 unspecified atom stereocenters. The second kappa shape index (κ2) is 12.7. The Morgan fingerprint density at radius 2 is 1.62 bits per heavy atom. The molecule has 0 bridgehead atoms. The molecule has 3 aromatic carbocycles. The van der Waals surface area contributed by atoms with E-state index in [0.717, 1.165) is 48.6 Å². The molecule has 20 heteroatoms. The summed E-state index contributed by atoms with van der Waals surface area (Å²) in [7, 11) is -4.77. The number of carbonyl (C=O) groups excluding carboxylic acids is 1. The second-order valence-electron chi connectivity index (χ2n) is 8.69. The highest BCUT2D eigenvalue weighted by atomic mass is 35.5. The van der Waals surface area contributed by atoms with Gasteiger partial charge >= 0.3 is 5.97 Å². The molecule has 45 heavy (non-hydrogen) atoms. The number of nitro groups is 1. The number of nitrogens with zero attached hydrogens (tertiary/aromatic N) is 4. The van der Waals surface area contributed by atoms with Crippen LogP contribution in [0, 0.1) is 10.1 Å². The number of halogens is 1. The molecule has 0 saturated carbocycles. The number of phenolic OH excluding ortho intramolecular Hbond substituents is 1. The Morgan fingerprint density at radius 3 is 2.24 bits per heavy atom. The first-order chi connectivity index (χ1) is 21.1. The molecule has 0 spiro atoms. The number of nitrogens with one attached hydrogen (secondary N) is 3. The number of hydrogen-bond acceptors (Lipinski definition) is 15. The Kier molecular flexibility index (Phi) is 8.97. The number of benzene rings is 3. The molecule has 0 aromatic heterocycles. The van der Waals surface area contributed by atoms with Crippen molar-refractivity contribution < 1.29 is 37.7 Å². The van der Waals surface area contributed by atoms with Gasteiger partial charge in [0.2, 0.25) is 10.9 Å². The topological polar surface area (TPSA) is 279 Å². The molecule has 0 radical (unpaired) electrons. The van der Waals surface area contributed by atoms with Gasteiger partial charge in [-0.15, -0.1) is 5.10 Å². The quantitative estimate of drug-likeness (QED) is 0.0458. The van der Waals surface area contributed by atoms with Crippen LogP contribution in [0.2, 0.25) is 5.02 Å². The van der Waals surface area contributed by atoms with Crippen molar-refractivity contribution in [1.82, 2.24) is 0 Å². The van der Waals surface area contributed by atoms with Crippen LogP contribution >= 0.6 is 11.6 Å². The van der Waals surface area contributed by atoms with Crippen molar-refractivity contribution in [3.8, 4) is 5.75 Å². The Labute approximate surface area is 254 Å². The molecule has 0 atom stereocenters. The van der Waals surface area contributed by atoms with Gasteiger partial charge in [0.25, 0.3) is 15.8 Å². The minimum atomic E-state index is -4.77. The first-order valence-corrected chi connectivity index (χ1v) is 13.7. The highest BCUT2D eigenvalue weighted by Crippen LogP contribution is 2.34. The number of allylic oxidation sites excluding steroid dienone is 3. The summed E-state index contributed by atoms with van der Waals surface area (Å²) >= 11 is 5.84. The molecule has 230 valence electrons. The number of ketones is 1. The predicted molar refractivity (Wildman–Crippen MR) is 157 cm³/mol. The van der Waals surface area contributed by atoms with Crippen LogP contribution in [0.4, 0.5) is 22.7 Å². The van der Waals surface area contributed by atoms with Gasteiger partial charge in [-0.2, -0.15) is 18.6 Å². The smallest absolute Gasteiger partial charge is 0.339 e. The summed E-state index contributed by atoms with van der Waals surface area (Å²) in [6, 6.07) is 7.18. The summed E-state index contributed by atoms with van der Waals surface area (Å²) in [5.41, 5.74) is 3.17. The molecule has 3 aromatic rings. The van der Waals surface area contributed by atoms with Crippen LogP contribution in [-0.4, -0.2) is 45.6 Å². The summed E-state index contributed by atoms with van der Waals surface area (Å²) in [5.74, 6) is -3.03. The summed E-state index contributed by atoms with van der Waals surface area (Å²) in [5, 5.41) is 39.8. The van der Waals surface area contributed by atoms with Crippen LogP contribution in [0.15, 0.2) is 96.1 Å². The van der Waals surface area contributed by atoms with E-state index < -0.39 is 81.0 Å². The normalized spacial score (nSPS) is 14.8. The number of phenols is 1. The second-order valence-corrected chi connectivity index (χ2v) is 10.5. The zero-order valence-electron chi connectivity index (χ0n) is 22.0. The average Bonchev–Trinajstić information content (AvgIpc) is 2.98. The number of carboxylic acid groups (broad SMARTS) is 1. The van der Waals surface area contributed by atoms with E-state index in [0.29, 0.717) is 0 Å². The molecular weight excluding hydrogens is 642 g/mol. The van der Waals surface area contributed by atoms with Crippen LogP contribution in [0.1, 0.15) is 0 Å². The molecule has 18 nitrogen and oxygen atoms in total. The number of anilines is 3. The van der Waals surface area contributed by atoms with E-state index in [1.165, 1.54) is 12.1 Å². The van der Waals surface area contributed by atoms with Gasteiger partial charge in [-0.05, 0) is 48.6 Å². The highest BCUT2D eigenvalue weighted by molar-refractivity contribution is 7.85. The monoisotopic (exact) mass is 657 g/mol. The third-order valence-electron chi connectivity index (χ3n) is 5.70. The van der Waals surface area contributed by atoms with Crippen molar-refractivity contribution in [1.29, 1.82) is 0 Å². The van der Waals surface area contributed by atoms with Crippen LogP contribution in [0.3, 0.4) is 0 Å². The molecule has 0 heterocycles. The Balaban J connectivity index is 1.83. The first-order valence-electron chi connectivity index (χ1n) is 11.9. The van der Waals surface area contributed by atoms with Crippen LogP contribution in [0.5, 0.6) is 5.75 Å². The standard InChI is InChI=1S/C25H16ClN7O11S/c26-16-8-14(45(42,43)44)9-17(22(16)35)30-31-19-10-18(29-28-12-3-6-20(34)15(7-12)25(38)39)23(36)21(24(19)37)32-27-11-1-4-13(5-2-11)33(40)41/h1-10,27,30-31,35H,(H,38,39)(H,42,43,44)/b28-12+,29-18+,32-21-. The Morgan fingerprint density at radius 1 is 0.956 bits per heavy atom. The summed E-state index contributed by atoms with van der Waals surface area (Å²) in [4.78, 5) is 58.9. The van der Waals surface area contributed by atoms with Gasteiger partial charge in [-0.1, -0.05) is 11.6 Å². The van der Waals surface area contributed by atoms with Gasteiger partial charge in [0.05, 0.1) is 31.9 Å². The number of hydrazine groups is 1. The molecule has 0 saturated heterocycles. The zero-order chi connectivity index (χ0) is 33.1. The molecule has 0 amide bonds. The van der Waals surface area contributed by atoms with Gasteiger partial charge in [0.15, 0.2) is 16.9 Å². The molecule has 0 fully saturated rings. The summed E-state index contributed by atoms with van der Waals surface area (Å²) < 4.78 is 32.5.